The van der Waals surface area contributed by atoms with Crippen molar-refractivity contribution in [1.82, 2.24) is 5.48 Å². The van der Waals surface area contributed by atoms with Crippen molar-refractivity contribution < 1.29 is 14.4 Å². The molecule has 56 valence electrons. The molecule has 0 saturated heterocycles. The molecule has 0 aliphatic carbocycles. The summed E-state index contributed by atoms with van der Waals surface area (Å²) in [6, 6.07) is 0. The van der Waals surface area contributed by atoms with Crippen molar-refractivity contribution in [3.8, 4) is 0 Å². The van der Waals surface area contributed by atoms with Crippen LogP contribution in [0.2, 0.25) is 0 Å². The Balaban J connectivity index is 3.17. The van der Waals surface area contributed by atoms with Crippen LogP contribution in [0.25, 0.3) is 0 Å². The van der Waals surface area contributed by atoms with Crippen molar-refractivity contribution in [2.24, 2.45) is 0 Å². The van der Waals surface area contributed by atoms with Gasteiger partial charge in [0.1, 0.15) is 0 Å². The predicted octanol–water partition coefficient (Wildman–Crippen LogP) is -0.197. The molecule has 5 heteroatoms. The number of hydrogen-bond donors (Lipinski definition) is 3. The standard InChI is InChI=1S/C4H12NO3P/c1-3-4-5-8-9(2,6)7/h3,5-7,9H,1,4H2,2H3. The molecule has 3 N–H and O–H groups in total. The molecule has 0 aromatic rings. The van der Waals surface area contributed by atoms with E-state index >= 15 is 0 Å². The van der Waals surface area contributed by atoms with Crippen molar-refractivity contribution in [2.45, 2.75) is 0 Å². The molecule has 0 aromatic heterocycles. The summed E-state index contributed by atoms with van der Waals surface area (Å²) in [7, 11) is -3.35. The molecule has 0 atom stereocenters. The van der Waals surface area contributed by atoms with E-state index < -0.39 is 7.94 Å². The monoisotopic (exact) mass is 153 g/mol. The minimum atomic E-state index is -3.35. The zero-order valence-electron chi connectivity index (χ0n) is 5.29. The SMILES string of the molecule is C=CCNO[PH](C)(O)O. The maximum absolute atomic E-state index is 8.62. The molecule has 0 aromatic carbocycles. The Morgan fingerprint density at radius 2 is 2.33 bits per heavy atom. The second-order valence-electron chi connectivity index (χ2n) is 1.67. The number of rotatable bonds is 4. The van der Waals surface area contributed by atoms with Gasteiger partial charge in [-0.1, -0.05) is 0 Å². The van der Waals surface area contributed by atoms with Crippen LogP contribution in [0.4, 0.5) is 0 Å². The Morgan fingerprint density at radius 1 is 1.78 bits per heavy atom. The molecule has 0 amide bonds. The first-order valence-electron chi connectivity index (χ1n) is 2.53. The number of hydrogen-bond acceptors (Lipinski definition) is 4. The molecule has 0 aliphatic rings. The topological polar surface area (TPSA) is 61.7 Å². The molecule has 0 rings (SSSR count). The Labute approximate surface area is 54.7 Å². The summed E-state index contributed by atoms with van der Waals surface area (Å²) < 4.78 is 4.40. The molecular weight excluding hydrogens is 141 g/mol. The van der Waals surface area contributed by atoms with E-state index in [1.165, 1.54) is 6.66 Å². The van der Waals surface area contributed by atoms with Crippen LogP contribution in [0.15, 0.2) is 12.7 Å². The average molecular weight is 153 g/mol. The summed E-state index contributed by atoms with van der Waals surface area (Å²) in [5, 5.41) is 0. The minimum absolute atomic E-state index is 0.406. The van der Waals surface area contributed by atoms with E-state index in [0.29, 0.717) is 6.54 Å². The molecule has 0 aliphatic heterocycles. The zero-order chi connectivity index (χ0) is 7.33. The van der Waals surface area contributed by atoms with E-state index in [-0.39, 0.29) is 0 Å². The summed E-state index contributed by atoms with van der Waals surface area (Å²) in [5.41, 5.74) is 2.32. The van der Waals surface area contributed by atoms with Gasteiger partial charge in [0.15, 0.2) is 0 Å². The van der Waals surface area contributed by atoms with Gasteiger partial charge in [0, 0.05) is 0 Å². The first kappa shape index (κ1) is 9.01. The van der Waals surface area contributed by atoms with Gasteiger partial charge in [-0.25, -0.2) is 0 Å². The van der Waals surface area contributed by atoms with Gasteiger partial charge in [-0.2, -0.15) is 0 Å². The van der Waals surface area contributed by atoms with Crippen LogP contribution >= 0.6 is 7.94 Å². The van der Waals surface area contributed by atoms with Crippen LogP contribution < -0.4 is 5.48 Å². The van der Waals surface area contributed by atoms with Gasteiger partial charge in [-0.15, -0.1) is 0 Å². The van der Waals surface area contributed by atoms with Crippen LogP contribution in [0.5, 0.6) is 0 Å². The Hall–Kier alpha value is 0.0100. The normalized spacial score (nSPS) is 13.2. The van der Waals surface area contributed by atoms with E-state index in [1.807, 2.05) is 0 Å². The fourth-order valence-electron chi connectivity index (χ4n) is 0.237. The molecule has 0 bridgehead atoms. The van der Waals surface area contributed by atoms with Crippen molar-refractivity contribution in [1.29, 1.82) is 0 Å². The van der Waals surface area contributed by atoms with E-state index in [4.69, 9.17) is 9.79 Å². The van der Waals surface area contributed by atoms with Gasteiger partial charge < -0.3 is 0 Å². The van der Waals surface area contributed by atoms with Crippen LogP contribution in [0.1, 0.15) is 0 Å². The molecule has 4 nitrogen and oxygen atoms in total. The third-order valence-corrected chi connectivity index (χ3v) is 1.02. The zero-order valence-corrected chi connectivity index (χ0v) is 6.29. The van der Waals surface area contributed by atoms with Gasteiger partial charge in [0.25, 0.3) is 0 Å². The van der Waals surface area contributed by atoms with Crippen LogP contribution in [-0.2, 0) is 4.62 Å². The summed E-state index contributed by atoms with van der Waals surface area (Å²) in [4.78, 5) is 17.2. The van der Waals surface area contributed by atoms with Crippen molar-refractivity contribution in [3.05, 3.63) is 12.7 Å². The third kappa shape index (κ3) is 8.01. The van der Waals surface area contributed by atoms with E-state index in [1.54, 1.807) is 6.08 Å². The summed E-state index contributed by atoms with van der Waals surface area (Å²) in [5.74, 6) is 0. The van der Waals surface area contributed by atoms with Crippen molar-refractivity contribution >= 4 is 7.94 Å². The van der Waals surface area contributed by atoms with Gasteiger partial charge in [0.05, 0.1) is 0 Å². The molecule has 0 fully saturated rings. The van der Waals surface area contributed by atoms with Crippen LogP contribution in [0.3, 0.4) is 0 Å². The quantitative estimate of drug-likeness (QED) is 0.226. The van der Waals surface area contributed by atoms with Gasteiger partial charge in [-0.3, -0.25) is 0 Å². The summed E-state index contributed by atoms with van der Waals surface area (Å²) in [6.45, 7) is 5.04. The second kappa shape index (κ2) is 3.93. The van der Waals surface area contributed by atoms with Crippen molar-refractivity contribution in [2.75, 3.05) is 13.2 Å². The predicted molar refractivity (Wildman–Crippen MR) is 38.0 cm³/mol. The third-order valence-electron chi connectivity index (χ3n) is 0.493. The van der Waals surface area contributed by atoms with E-state index in [2.05, 4.69) is 16.7 Å². The molecular formula is C4H12NO3P. The first-order valence-corrected chi connectivity index (χ1v) is 4.83. The fraction of sp³-hybridized carbons (Fsp3) is 0.500. The van der Waals surface area contributed by atoms with Gasteiger partial charge in [0.2, 0.25) is 0 Å². The average Bonchev–Trinajstić information content (AvgIpc) is 1.63. The Morgan fingerprint density at radius 3 is 2.67 bits per heavy atom. The maximum atomic E-state index is 8.62. The Bertz CT molecular complexity index is 90.3. The van der Waals surface area contributed by atoms with Crippen molar-refractivity contribution in [3.63, 3.8) is 0 Å². The van der Waals surface area contributed by atoms with Crippen LogP contribution in [-0.4, -0.2) is 23.0 Å². The molecule has 0 unspecified atom stereocenters. The van der Waals surface area contributed by atoms with Crippen LogP contribution in [0, 0.1) is 0 Å². The molecule has 0 radical (unpaired) electrons. The fourth-order valence-corrected chi connectivity index (χ4v) is 0.594. The second-order valence-corrected chi connectivity index (χ2v) is 3.75. The molecule has 9 heavy (non-hydrogen) atoms. The van der Waals surface area contributed by atoms with E-state index in [0.717, 1.165) is 0 Å². The molecule has 0 saturated carbocycles. The number of hydroxylamine groups is 1. The Kier molecular flexibility index (Phi) is 3.93. The first-order chi connectivity index (χ1) is 4.06. The summed E-state index contributed by atoms with van der Waals surface area (Å²) in [6.07, 6.45) is 1.56. The van der Waals surface area contributed by atoms with Gasteiger partial charge >= 0.3 is 53.7 Å². The molecule has 0 spiro atoms. The van der Waals surface area contributed by atoms with E-state index in [9.17, 15) is 0 Å². The number of nitrogens with one attached hydrogen (secondary N) is 1. The molecule has 0 heterocycles. The van der Waals surface area contributed by atoms with Gasteiger partial charge in [-0.05, 0) is 0 Å². The summed E-state index contributed by atoms with van der Waals surface area (Å²) >= 11 is 0.